The van der Waals surface area contributed by atoms with Gasteiger partial charge < -0.3 is 30.2 Å². The van der Waals surface area contributed by atoms with E-state index in [1.165, 1.54) is 0 Å². The van der Waals surface area contributed by atoms with Crippen LogP contribution in [-0.2, 0) is 4.79 Å². The first-order valence-corrected chi connectivity index (χ1v) is 16.2. The molecule has 0 saturated carbocycles. The number of likely N-dealkylation sites (tertiary alicyclic amines) is 1. The molecule has 3 aliphatic heterocycles. The molecule has 0 bridgehead atoms. The summed E-state index contributed by atoms with van der Waals surface area (Å²) in [6.45, 7) is 15.8. The van der Waals surface area contributed by atoms with Crippen molar-refractivity contribution in [1.82, 2.24) is 25.4 Å². The first-order valence-electron chi connectivity index (χ1n) is 16.2. The fraction of sp³-hybridized carbons (Fsp3) is 0.618. The van der Waals surface area contributed by atoms with Crippen LogP contribution < -0.4 is 20.4 Å². The SMILES string of the molecule is CCN(c1cc(-c2ccc(N3CCN(C)CC3)nc2)cc(C(=O)NCC2C(=O)NC(C)CC2C)c1C)C1CCN(C)CC1. The molecule has 0 spiro atoms. The Labute approximate surface area is 258 Å². The summed E-state index contributed by atoms with van der Waals surface area (Å²) in [7, 11) is 4.35. The monoisotopic (exact) mass is 589 g/mol. The van der Waals surface area contributed by atoms with Crippen molar-refractivity contribution in [3.63, 3.8) is 0 Å². The predicted molar refractivity (Wildman–Crippen MR) is 175 cm³/mol. The smallest absolute Gasteiger partial charge is 0.251 e. The molecule has 234 valence electrons. The van der Waals surface area contributed by atoms with Gasteiger partial charge in [0.25, 0.3) is 5.91 Å². The second-order valence-corrected chi connectivity index (χ2v) is 13.1. The van der Waals surface area contributed by atoms with Crippen LogP contribution in [0, 0.1) is 18.8 Å². The van der Waals surface area contributed by atoms with E-state index in [1.54, 1.807) is 0 Å². The summed E-state index contributed by atoms with van der Waals surface area (Å²) in [5.74, 6) is 0.903. The quantitative estimate of drug-likeness (QED) is 0.487. The number of carbonyl (C=O) groups excluding carboxylic acids is 2. The maximum Gasteiger partial charge on any atom is 0.251 e. The van der Waals surface area contributed by atoms with E-state index in [-0.39, 0.29) is 29.7 Å². The third-order valence-electron chi connectivity index (χ3n) is 9.93. The van der Waals surface area contributed by atoms with Crippen LogP contribution in [0.25, 0.3) is 11.1 Å². The minimum atomic E-state index is -0.221. The predicted octanol–water partition coefficient (Wildman–Crippen LogP) is 3.62. The van der Waals surface area contributed by atoms with E-state index in [4.69, 9.17) is 4.98 Å². The lowest BCUT2D eigenvalue weighted by atomic mass is 9.84. The Morgan fingerprint density at radius 3 is 2.35 bits per heavy atom. The zero-order chi connectivity index (χ0) is 30.7. The number of aromatic nitrogens is 1. The zero-order valence-electron chi connectivity index (χ0n) is 27.0. The van der Waals surface area contributed by atoms with Gasteiger partial charge in [-0.1, -0.05) is 6.92 Å². The minimum absolute atomic E-state index is 0.0312. The molecule has 0 radical (unpaired) electrons. The highest BCUT2D eigenvalue weighted by molar-refractivity contribution is 5.99. The lowest BCUT2D eigenvalue weighted by Gasteiger charge is -2.39. The topological polar surface area (TPSA) is 84.0 Å². The molecule has 1 aromatic carbocycles. The van der Waals surface area contributed by atoms with Crippen molar-refractivity contribution in [2.24, 2.45) is 11.8 Å². The fourth-order valence-electron chi connectivity index (χ4n) is 7.09. The lowest BCUT2D eigenvalue weighted by molar-refractivity contribution is -0.129. The molecule has 5 rings (SSSR count). The Hall–Kier alpha value is -3.17. The molecule has 2 N–H and O–H groups in total. The van der Waals surface area contributed by atoms with Gasteiger partial charge in [0.15, 0.2) is 0 Å². The van der Waals surface area contributed by atoms with Crippen molar-refractivity contribution >= 4 is 23.3 Å². The van der Waals surface area contributed by atoms with E-state index in [1.807, 2.05) is 19.2 Å². The minimum Gasteiger partial charge on any atom is -0.368 e. The maximum absolute atomic E-state index is 13.8. The first kappa shape index (κ1) is 31.3. The lowest BCUT2D eigenvalue weighted by Crippen LogP contribution is -2.50. The Kier molecular flexibility index (Phi) is 9.92. The Balaban J connectivity index is 1.44. The molecule has 3 saturated heterocycles. The van der Waals surface area contributed by atoms with E-state index in [9.17, 15) is 9.59 Å². The average Bonchev–Trinajstić information content (AvgIpc) is 2.99. The molecule has 2 aromatic rings. The molecular formula is C34H51N7O2. The number of benzene rings is 1. The highest BCUT2D eigenvalue weighted by atomic mass is 16.2. The number of amides is 2. The summed E-state index contributed by atoms with van der Waals surface area (Å²) in [6.07, 6.45) is 5.07. The Bertz CT molecular complexity index is 1270. The molecule has 0 aliphatic carbocycles. The number of anilines is 2. The van der Waals surface area contributed by atoms with Gasteiger partial charge in [-0.15, -0.1) is 0 Å². The first-order chi connectivity index (χ1) is 20.6. The number of nitrogens with zero attached hydrogens (tertiary/aromatic N) is 5. The zero-order valence-corrected chi connectivity index (χ0v) is 27.0. The largest absolute Gasteiger partial charge is 0.368 e. The van der Waals surface area contributed by atoms with Crippen molar-refractivity contribution in [1.29, 1.82) is 0 Å². The van der Waals surface area contributed by atoms with Crippen LogP contribution >= 0.6 is 0 Å². The van der Waals surface area contributed by atoms with Gasteiger partial charge in [0, 0.05) is 74.4 Å². The summed E-state index contributed by atoms with van der Waals surface area (Å²) in [4.78, 5) is 41.0. The van der Waals surface area contributed by atoms with E-state index >= 15 is 0 Å². The van der Waals surface area contributed by atoms with Gasteiger partial charge in [-0.3, -0.25) is 9.59 Å². The highest BCUT2D eigenvalue weighted by Gasteiger charge is 2.33. The van der Waals surface area contributed by atoms with E-state index in [0.717, 1.165) is 93.3 Å². The van der Waals surface area contributed by atoms with Gasteiger partial charge in [-0.2, -0.15) is 0 Å². The third kappa shape index (κ3) is 7.15. The molecule has 3 fully saturated rings. The third-order valence-corrected chi connectivity index (χ3v) is 9.93. The van der Waals surface area contributed by atoms with E-state index < -0.39 is 0 Å². The molecule has 3 atom stereocenters. The number of carbonyl (C=O) groups is 2. The summed E-state index contributed by atoms with van der Waals surface area (Å²) in [5, 5.41) is 6.19. The molecule has 9 heteroatoms. The highest BCUT2D eigenvalue weighted by Crippen LogP contribution is 2.34. The number of likely N-dealkylation sites (N-methyl/N-ethyl adjacent to an activating group) is 1. The number of hydrogen-bond donors (Lipinski definition) is 2. The van der Waals surface area contributed by atoms with Crippen LogP contribution in [-0.4, -0.2) is 105 Å². The Morgan fingerprint density at radius 1 is 1.02 bits per heavy atom. The summed E-state index contributed by atoms with van der Waals surface area (Å²) >= 11 is 0. The fourth-order valence-corrected chi connectivity index (χ4v) is 7.09. The standard InChI is InChI=1S/C34H51N7O2/c1-7-41(28-10-12-38(5)13-11-28)31-20-27(26-8-9-32(35-21-26)40-16-14-39(6)15-17-40)19-29(25(31)4)33(42)36-22-30-23(2)18-24(3)37-34(30)43/h8-9,19-21,23-24,28,30H,7,10-18,22H2,1-6H3,(H,36,42)(H,37,43). The maximum atomic E-state index is 13.8. The van der Waals surface area contributed by atoms with Gasteiger partial charge in [0.05, 0.1) is 5.92 Å². The van der Waals surface area contributed by atoms with Crippen LogP contribution in [0.3, 0.4) is 0 Å². The van der Waals surface area contributed by atoms with Gasteiger partial charge in [-0.05, 0) is 109 Å². The number of hydrogen-bond acceptors (Lipinski definition) is 7. The van der Waals surface area contributed by atoms with Crippen LogP contribution in [0.15, 0.2) is 30.5 Å². The van der Waals surface area contributed by atoms with Crippen LogP contribution in [0.2, 0.25) is 0 Å². The molecule has 1 aromatic heterocycles. The molecule has 4 heterocycles. The summed E-state index contributed by atoms with van der Waals surface area (Å²) in [6, 6.07) is 9.11. The van der Waals surface area contributed by atoms with Crippen molar-refractivity contribution in [2.45, 2.75) is 59.0 Å². The summed E-state index contributed by atoms with van der Waals surface area (Å²) in [5.41, 5.74) is 4.76. The van der Waals surface area contributed by atoms with Crippen LogP contribution in [0.4, 0.5) is 11.5 Å². The van der Waals surface area contributed by atoms with Gasteiger partial charge in [0.2, 0.25) is 5.91 Å². The van der Waals surface area contributed by atoms with Crippen molar-refractivity contribution < 1.29 is 9.59 Å². The number of rotatable bonds is 8. The molecule has 9 nitrogen and oxygen atoms in total. The number of piperazine rings is 1. The molecule has 3 unspecified atom stereocenters. The molecule has 2 amide bonds. The van der Waals surface area contributed by atoms with E-state index in [0.29, 0.717) is 18.2 Å². The number of nitrogens with one attached hydrogen (secondary N) is 2. The van der Waals surface area contributed by atoms with E-state index in [2.05, 4.69) is 83.3 Å². The second kappa shape index (κ2) is 13.6. The van der Waals surface area contributed by atoms with Crippen molar-refractivity contribution in [3.8, 4) is 11.1 Å². The van der Waals surface area contributed by atoms with Crippen LogP contribution in [0.1, 0.15) is 56.0 Å². The molecule has 43 heavy (non-hydrogen) atoms. The molecular weight excluding hydrogens is 538 g/mol. The molecule has 3 aliphatic rings. The second-order valence-electron chi connectivity index (χ2n) is 13.1. The average molecular weight is 590 g/mol. The normalized spacial score (nSPS) is 24.1. The number of pyridine rings is 1. The summed E-state index contributed by atoms with van der Waals surface area (Å²) < 4.78 is 0. The van der Waals surface area contributed by atoms with Crippen molar-refractivity contribution in [3.05, 3.63) is 41.6 Å². The van der Waals surface area contributed by atoms with Crippen LogP contribution in [0.5, 0.6) is 0 Å². The van der Waals surface area contributed by atoms with Gasteiger partial charge >= 0.3 is 0 Å². The Morgan fingerprint density at radius 2 is 1.72 bits per heavy atom. The van der Waals surface area contributed by atoms with Gasteiger partial charge in [-0.25, -0.2) is 4.98 Å². The van der Waals surface area contributed by atoms with Crippen molar-refractivity contribution in [2.75, 3.05) is 76.3 Å². The number of piperidine rings is 2. The van der Waals surface area contributed by atoms with Gasteiger partial charge in [0.1, 0.15) is 5.82 Å².